The molecule has 32 heavy (non-hydrogen) atoms. The van der Waals surface area contributed by atoms with Crippen molar-refractivity contribution in [2.45, 2.75) is 45.6 Å². The number of amidine groups is 2. The monoisotopic (exact) mass is 444 g/mol. The molecule has 1 aromatic heterocycles. The lowest BCUT2D eigenvalue weighted by Gasteiger charge is -2.16. The second-order valence-electron chi connectivity index (χ2n) is 7.27. The van der Waals surface area contributed by atoms with Crippen molar-refractivity contribution in [3.8, 4) is 0 Å². The molecule has 12 nitrogen and oxygen atoms in total. The molecule has 170 valence electrons. The van der Waals surface area contributed by atoms with Crippen LogP contribution in [0.1, 0.15) is 48.7 Å². The largest absolute Gasteiger partial charge is 0.511 e. The molecular weight excluding hydrogens is 420 g/mol. The zero-order valence-electron chi connectivity index (χ0n) is 17.6. The predicted octanol–water partition coefficient (Wildman–Crippen LogP) is 0.821. The van der Waals surface area contributed by atoms with Crippen LogP contribution in [0.15, 0.2) is 28.6 Å². The summed E-state index contributed by atoms with van der Waals surface area (Å²) in [5.41, 5.74) is 6.16. The summed E-state index contributed by atoms with van der Waals surface area (Å²) in [6, 6.07) is 0.234. The summed E-state index contributed by atoms with van der Waals surface area (Å²) >= 11 is 0. The van der Waals surface area contributed by atoms with E-state index < -0.39 is 23.8 Å². The van der Waals surface area contributed by atoms with Gasteiger partial charge in [-0.1, -0.05) is 0 Å². The van der Waals surface area contributed by atoms with Crippen LogP contribution in [0, 0.1) is 12.3 Å². The van der Waals surface area contributed by atoms with Crippen LogP contribution in [0.5, 0.6) is 0 Å². The normalized spacial score (nSPS) is 14.4. The van der Waals surface area contributed by atoms with Crippen molar-refractivity contribution in [1.82, 2.24) is 10.3 Å². The van der Waals surface area contributed by atoms with E-state index in [1.807, 2.05) is 0 Å². The number of ketones is 1. The molecule has 0 fully saturated rings. The van der Waals surface area contributed by atoms with Gasteiger partial charge in [0, 0.05) is 12.0 Å². The van der Waals surface area contributed by atoms with E-state index in [1.54, 1.807) is 6.92 Å². The van der Waals surface area contributed by atoms with Crippen molar-refractivity contribution >= 4 is 40.9 Å². The number of hydrogen-bond acceptors (Lipinski definition) is 8. The number of rotatable bonds is 9. The maximum Gasteiger partial charge on any atom is 0.326 e. The van der Waals surface area contributed by atoms with Gasteiger partial charge in [-0.05, 0) is 31.9 Å². The van der Waals surface area contributed by atoms with E-state index in [0.717, 1.165) is 0 Å². The number of carboxylic acid groups (broad SMARTS) is 1. The van der Waals surface area contributed by atoms with E-state index in [2.05, 4.69) is 20.6 Å². The molecule has 0 radical (unpaired) electrons. The fourth-order valence-electron chi connectivity index (χ4n) is 2.93. The van der Waals surface area contributed by atoms with E-state index >= 15 is 0 Å². The summed E-state index contributed by atoms with van der Waals surface area (Å²) in [6.45, 7) is 2.89. The number of amides is 2. The molecule has 1 aliphatic heterocycles. The van der Waals surface area contributed by atoms with Crippen molar-refractivity contribution in [2.75, 3.05) is 5.32 Å². The molecule has 2 rings (SSSR count). The molecule has 7 N–H and O–H groups in total. The lowest BCUT2D eigenvalue weighted by molar-refractivity contribution is -0.139. The summed E-state index contributed by atoms with van der Waals surface area (Å²) in [6.07, 6.45) is 0.840. The second kappa shape index (κ2) is 10.3. The number of carbonyl (C=O) groups is 4. The highest BCUT2D eigenvalue weighted by Crippen LogP contribution is 2.19. The molecule has 2 heterocycles. The number of Topliss-reactive ketones (excluding diaryl/α,β-unsaturated/α-hetero) is 1. The molecule has 0 spiro atoms. The third kappa shape index (κ3) is 6.45. The Bertz CT molecular complexity index is 1050. The van der Waals surface area contributed by atoms with Crippen molar-refractivity contribution in [1.29, 1.82) is 5.41 Å². The molecule has 1 atom stereocenters. The van der Waals surface area contributed by atoms with Gasteiger partial charge in [0.05, 0.1) is 24.7 Å². The van der Waals surface area contributed by atoms with E-state index in [4.69, 9.17) is 11.1 Å². The van der Waals surface area contributed by atoms with Crippen LogP contribution >= 0.6 is 0 Å². The first-order chi connectivity index (χ1) is 15.0. The van der Waals surface area contributed by atoms with E-state index in [0.29, 0.717) is 5.56 Å². The number of anilines is 1. The molecule has 0 saturated heterocycles. The van der Waals surface area contributed by atoms with Crippen LogP contribution in [-0.4, -0.2) is 56.5 Å². The van der Waals surface area contributed by atoms with Gasteiger partial charge < -0.3 is 31.4 Å². The van der Waals surface area contributed by atoms with Gasteiger partial charge in [0.25, 0.3) is 5.91 Å². The Morgan fingerprint density at radius 1 is 1.31 bits per heavy atom. The molecule has 0 saturated carbocycles. The third-order valence-electron chi connectivity index (χ3n) is 4.54. The van der Waals surface area contributed by atoms with Crippen LogP contribution < -0.4 is 16.4 Å². The van der Waals surface area contributed by atoms with Crippen molar-refractivity contribution in [3.05, 3.63) is 34.9 Å². The Hall–Kier alpha value is -4.09. The standard InChI is InChI=1S/C20H24N6O6/c1-9-5-11(24-16(29)6-12-14(28)7-15(21)26-18(12)22)8-23-17(9)19(30)25-13(20(31)32)4-3-10(2)27/h5,8,13,28H,3-4,6-7H2,1-2H3,(H,24,29)(H,25,30)(H,31,32)(H3,21,22,26). The molecule has 1 aliphatic rings. The van der Waals surface area contributed by atoms with Crippen molar-refractivity contribution in [2.24, 2.45) is 10.7 Å². The maximum atomic E-state index is 12.4. The summed E-state index contributed by atoms with van der Waals surface area (Å²) in [4.78, 5) is 54.9. The molecule has 0 bridgehead atoms. The lowest BCUT2D eigenvalue weighted by atomic mass is 10.0. The van der Waals surface area contributed by atoms with E-state index in [-0.39, 0.29) is 65.9 Å². The minimum absolute atomic E-state index is 0.00990. The van der Waals surface area contributed by atoms with Gasteiger partial charge in [-0.25, -0.2) is 14.8 Å². The lowest BCUT2D eigenvalue weighted by Crippen LogP contribution is -2.41. The van der Waals surface area contributed by atoms with Crippen LogP contribution in [0.25, 0.3) is 0 Å². The molecule has 2 amide bonds. The number of carboxylic acids is 1. The molecule has 12 heteroatoms. The molecule has 1 unspecified atom stereocenters. The Kier molecular flexibility index (Phi) is 7.77. The first kappa shape index (κ1) is 24.2. The number of nitrogens with zero attached hydrogens (tertiary/aromatic N) is 2. The average molecular weight is 444 g/mol. The smallest absolute Gasteiger partial charge is 0.326 e. The van der Waals surface area contributed by atoms with Gasteiger partial charge in [0.15, 0.2) is 5.84 Å². The van der Waals surface area contributed by atoms with Crippen LogP contribution in [0.4, 0.5) is 5.69 Å². The Labute approximate surface area is 183 Å². The maximum absolute atomic E-state index is 12.4. The third-order valence-corrected chi connectivity index (χ3v) is 4.54. The number of hydrogen-bond donors (Lipinski definition) is 6. The number of aliphatic hydroxyl groups is 1. The number of aliphatic hydroxyl groups excluding tert-OH is 1. The van der Waals surface area contributed by atoms with Gasteiger partial charge >= 0.3 is 5.97 Å². The minimum Gasteiger partial charge on any atom is -0.511 e. The predicted molar refractivity (Wildman–Crippen MR) is 115 cm³/mol. The topological polar surface area (TPSA) is 208 Å². The van der Waals surface area contributed by atoms with Gasteiger partial charge in [-0.2, -0.15) is 0 Å². The highest BCUT2D eigenvalue weighted by atomic mass is 16.4. The Balaban J connectivity index is 2.04. The molecule has 1 aromatic rings. The first-order valence-corrected chi connectivity index (χ1v) is 9.60. The molecular formula is C20H24N6O6. The zero-order valence-corrected chi connectivity index (χ0v) is 17.6. The number of pyridine rings is 1. The molecule has 0 aliphatic carbocycles. The van der Waals surface area contributed by atoms with Crippen molar-refractivity contribution in [3.63, 3.8) is 0 Å². The summed E-state index contributed by atoms with van der Waals surface area (Å²) < 4.78 is 0. The first-order valence-electron chi connectivity index (χ1n) is 9.60. The van der Waals surface area contributed by atoms with Gasteiger partial charge in [-0.3, -0.25) is 15.0 Å². The minimum atomic E-state index is -1.27. The number of aromatic nitrogens is 1. The SMILES string of the molecule is CC(=O)CCC(NC(=O)c1ncc(NC(=O)CC2=C(O)CC(N)=NC2=N)cc1C)C(=O)O. The number of nitrogens with two attached hydrogens (primary N) is 1. The Morgan fingerprint density at radius 3 is 2.56 bits per heavy atom. The highest BCUT2D eigenvalue weighted by molar-refractivity contribution is 6.11. The van der Waals surface area contributed by atoms with E-state index in [1.165, 1.54) is 19.2 Å². The van der Waals surface area contributed by atoms with Crippen LogP contribution in [0.3, 0.4) is 0 Å². The fraction of sp³-hybridized carbons (Fsp3) is 0.350. The van der Waals surface area contributed by atoms with Gasteiger partial charge in [-0.15, -0.1) is 0 Å². The average Bonchev–Trinajstić information content (AvgIpc) is 2.67. The zero-order chi connectivity index (χ0) is 24.0. The number of aliphatic imine (C=N–C) groups is 1. The van der Waals surface area contributed by atoms with E-state index in [9.17, 15) is 29.4 Å². The number of aliphatic carboxylic acids is 1. The fourth-order valence-corrected chi connectivity index (χ4v) is 2.93. The van der Waals surface area contributed by atoms with Gasteiger partial charge in [0.2, 0.25) is 5.91 Å². The molecule has 0 aromatic carbocycles. The van der Waals surface area contributed by atoms with Crippen molar-refractivity contribution < 1.29 is 29.4 Å². The summed E-state index contributed by atoms with van der Waals surface area (Å²) in [7, 11) is 0. The second-order valence-corrected chi connectivity index (χ2v) is 7.27. The van der Waals surface area contributed by atoms with Gasteiger partial charge in [0.1, 0.15) is 29.1 Å². The number of carbonyl (C=O) groups excluding carboxylic acids is 3. The number of dihydropyridines is 1. The quantitative estimate of drug-likeness (QED) is 0.320. The van der Waals surface area contributed by atoms with Crippen LogP contribution in [-0.2, 0) is 14.4 Å². The summed E-state index contributed by atoms with van der Waals surface area (Å²) in [5.74, 6) is -3.13. The number of nitrogens with one attached hydrogen (secondary N) is 3. The summed E-state index contributed by atoms with van der Waals surface area (Å²) in [5, 5.41) is 31.8. The number of aryl methyl sites for hydroxylation is 1. The van der Waals surface area contributed by atoms with Crippen LogP contribution in [0.2, 0.25) is 0 Å². The highest BCUT2D eigenvalue weighted by Gasteiger charge is 2.24. The Morgan fingerprint density at radius 2 is 2.00 bits per heavy atom.